The van der Waals surface area contributed by atoms with Crippen molar-refractivity contribution >= 4 is 18.3 Å². The van der Waals surface area contributed by atoms with Crippen LogP contribution in [0.25, 0.3) is 0 Å². The van der Waals surface area contributed by atoms with Crippen molar-refractivity contribution in [1.82, 2.24) is 10.2 Å². The lowest BCUT2D eigenvalue weighted by Crippen LogP contribution is -2.39. The number of carbonyl (C=O) groups excluding carboxylic acids is 1. The summed E-state index contributed by atoms with van der Waals surface area (Å²) in [7, 11) is 2.03. The summed E-state index contributed by atoms with van der Waals surface area (Å²) in [5, 5.41) is 3.42. The first-order valence-electron chi connectivity index (χ1n) is 7.26. The summed E-state index contributed by atoms with van der Waals surface area (Å²) in [5.74, 6) is 2.37. The van der Waals surface area contributed by atoms with E-state index in [0.29, 0.717) is 17.9 Å². The monoisotopic (exact) mass is 272 g/mol. The summed E-state index contributed by atoms with van der Waals surface area (Å²) >= 11 is 0. The van der Waals surface area contributed by atoms with Gasteiger partial charge in [0.1, 0.15) is 0 Å². The van der Waals surface area contributed by atoms with E-state index in [1.54, 1.807) is 0 Å². The van der Waals surface area contributed by atoms with E-state index in [2.05, 4.69) is 10.2 Å². The Balaban J connectivity index is 0.00000120. The molecule has 0 aromatic carbocycles. The Morgan fingerprint density at radius 3 is 2.50 bits per heavy atom. The zero-order chi connectivity index (χ0) is 11.8. The van der Waals surface area contributed by atoms with Gasteiger partial charge in [-0.3, -0.25) is 4.79 Å². The minimum Gasteiger partial charge on any atom is -0.342 e. The zero-order valence-electron chi connectivity index (χ0n) is 11.2. The molecule has 3 atom stereocenters. The number of carbonyl (C=O) groups is 1. The third-order valence-corrected chi connectivity index (χ3v) is 5.13. The first kappa shape index (κ1) is 14.1. The van der Waals surface area contributed by atoms with Crippen molar-refractivity contribution in [3.63, 3.8) is 0 Å². The summed E-state index contributed by atoms with van der Waals surface area (Å²) in [6, 6.07) is 0.485. The highest BCUT2D eigenvalue weighted by Gasteiger charge is 2.57. The smallest absolute Gasteiger partial charge is 0.226 e. The van der Waals surface area contributed by atoms with E-state index in [1.165, 1.54) is 32.1 Å². The predicted molar refractivity (Wildman–Crippen MR) is 74.8 cm³/mol. The van der Waals surface area contributed by atoms with Crippen LogP contribution in [0.15, 0.2) is 0 Å². The number of nitrogens with zero attached hydrogens (tertiary/aromatic N) is 1. The highest BCUT2D eigenvalue weighted by atomic mass is 35.5. The second kappa shape index (κ2) is 5.79. The molecule has 1 aliphatic heterocycles. The maximum atomic E-state index is 12.4. The van der Waals surface area contributed by atoms with Crippen LogP contribution in [0, 0.1) is 17.8 Å². The lowest BCUT2D eigenvalue weighted by atomic mass is 10.1. The number of rotatable bonds is 2. The Hall–Kier alpha value is -0.280. The quantitative estimate of drug-likeness (QED) is 0.835. The maximum Gasteiger partial charge on any atom is 0.226 e. The van der Waals surface area contributed by atoms with Crippen LogP contribution < -0.4 is 5.32 Å². The van der Waals surface area contributed by atoms with E-state index in [1.807, 2.05) is 7.05 Å². The number of halogens is 1. The molecule has 4 heteroatoms. The van der Waals surface area contributed by atoms with Gasteiger partial charge in [0.05, 0.1) is 0 Å². The standard InChI is InChI=1S/C14H24N2O.ClH/c1-16(10-4-3-8-15-9-7-10)14(17)13-11-5-2-6-12(11)13;/h10-13,15H,2-9H2,1H3;1H. The summed E-state index contributed by atoms with van der Waals surface area (Å²) in [6.07, 6.45) is 7.49. The lowest BCUT2D eigenvalue weighted by molar-refractivity contribution is -0.134. The molecule has 0 bridgehead atoms. The fourth-order valence-corrected chi connectivity index (χ4v) is 3.99. The third-order valence-electron chi connectivity index (χ3n) is 5.13. The van der Waals surface area contributed by atoms with Gasteiger partial charge in [0, 0.05) is 19.0 Å². The summed E-state index contributed by atoms with van der Waals surface area (Å²) in [6.45, 7) is 2.19. The van der Waals surface area contributed by atoms with Crippen molar-refractivity contribution in [2.45, 2.75) is 44.6 Å². The van der Waals surface area contributed by atoms with Gasteiger partial charge in [-0.15, -0.1) is 12.4 Å². The average Bonchev–Trinajstić information content (AvgIpc) is 2.96. The van der Waals surface area contributed by atoms with Gasteiger partial charge in [-0.2, -0.15) is 0 Å². The Labute approximate surface area is 116 Å². The molecule has 3 nitrogen and oxygen atoms in total. The summed E-state index contributed by atoms with van der Waals surface area (Å²) < 4.78 is 0. The van der Waals surface area contributed by atoms with Gasteiger partial charge in [0.25, 0.3) is 0 Å². The number of hydrogen-bond acceptors (Lipinski definition) is 2. The van der Waals surface area contributed by atoms with Crippen molar-refractivity contribution in [3.8, 4) is 0 Å². The first-order chi connectivity index (χ1) is 8.29. The van der Waals surface area contributed by atoms with Gasteiger partial charge >= 0.3 is 0 Å². The fraction of sp³-hybridized carbons (Fsp3) is 0.929. The molecule has 1 saturated heterocycles. The predicted octanol–water partition coefficient (Wildman–Crippen LogP) is 2.05. The Morgan fingerprint density at radius 1 is 1.06 bits per heavy atom. The molecule has 2 saturated carbocycles. The highest BCUT2D eigenvalue weighted by Crippen LogP contribution is 2.58. The topological polar surface area (TPSA) is 32.3 Å². The minimum absolute atomic E-state index is 0. The lowest BCUT2D eigenvalue weighted by Gasteiger charge is -2.27. The van der Waals surface area contributed by atoms with Gasteiger partial charge < -0.3 is 10.2 Å². The van der Waals surface area contributed by atoms with E-state index < -0.39 is 0 Å². The molecule has 18 heavy (non-hydrogen) atoms. The SMILES string of the molecule is CN(C(=O)C1C2CCCC21)C1CCCNCC1.Cl. The average molecular weight is 273 g/mol. The highest BCUT2D eigenvalue weighted by molar-refractivity contribution is 5.85. The van der Waals surface area contributed by atoms with Gasteiger partial charge in [-0.05, 0) is 57.0 Å². The van der Waals surface area contributed by atoms with Crippen LogP contribution in [0.2, 0.25) is 0 Å². The number of hydrogen-bond donors (Lipinski definition) is 1. The fourth-order valence-electron chi connectivity index (χ4n) is 3.99. The molecular formula is C14H25ClN2O. The molecule has 3 fully saturated rings. The molecule has 104 valence electrons. The molecule has 3 unspecified atom stereocenters. The Bertz CT molecular complexity index is 292. The van der Waals surface area contributed by atoms with E-state index >= 15 is 0 Å². The molecule has 0 spiro atoms. The first-order valence-corrected chi connectivity index (χ1v) is 7.26. The van der Waals surface area contributed by atoms with Crippen LogP contribution in [-0.4, -0.2) is 37.0 Å². The zero-order valence-corrected chi connectivity index (χ0v) is 12.0. The van der Waals surface area contributed by atoms with Crippen LogP contribution in [-0.2, 0) is 4.79 Å². The molecule has 1 amide bonds. The van der Waals surface area contributed by atoms with Gasteiger partial charge in [-0.25, -0.2) is 0 Å². The van der Waals surface area contributed by atoms with E-state index in [0.717, 1.165) is 31.3 Å². The van der Waals surface area contributed by atoms with Gasteiger partial charge in [-0.1, -0.05) is 6.42 Å². The van der Waals surface area contributed by atoms with Crippen molar-refractivity contribution in [3.05, 3.63) is 0 Å². The normalized spacial score (nSPS) is 38.3. The molecule has 1 N–H and O–H groups in total. The molecule has 3 rings (SSSR count). The minimum atomic E-state index is 0. The van der Waals surface area contributed by atoms with Crippen LogP contribution >= 0.6 is 12.4 Å². The summed E-state index contributed by atoms with van der Waals surface area (Å²) in [4.78, 5) is 14.5. The molecule has 2 aliphatic carbocycles. The van der Waals surface area contributed by atoms with Crippen molar-refractivity contribution in [1.29, 1.82) is 0 Å². The van der Waals surface area contributed by atoms with E-state index in [4.69, 9.17) is 0 Å². The number of nitrogens with one attached hydrogen (secondary N) is 1. The molecule has 0 radical (unpaired) electrons. The van der Waals surface area contributed by atoms with Crippen molar-refractivity contribution < 1.29 is 4.79 Å². The summed E-state index contributed by atoms with van der Waals surface area (Å²) in [5.41, 5.74) is 0. The second-order valence-electron chi connectivity index (χ2n) is 6.07. The van der Waals surface area contributed by atoms with Crippen LogP contribution in [0.3, 0.4) is 0 Å². The molecule has 0 aromatic heterocycles. The number of amides is 1. The van der Waals surface area contributed by atoms with E-state index in [-0.39, 0.29) is 12.4 Å². The molecule has 0 aromatic rings. The van der Waals surface area contributed by atoms with Crippen LogP contribution in [0.4, 0.5) is 0 Å². The Morgan fingerprint density at radius 2 is 1.78 bits per heavy atom. The molecule has 3 aliphatic rings. The second-order valence-corrected chi connectivity index (χ2v) is 6.07. The Kier molecular flexibility index (Phi) is 4.54. The molecular weight excluding hydrogens is 248 g/mol. The third kappa shape index (κ3) is 2.53. The maximum absolute atomic E-state index is 12.4. The van der Waals surface area contributed by atoms with Crippen molar-refractivity contribution in [2.75, 3.05) is 20.1 Å². The van der Waals surface area contributed by atoms with Gasteiger partial charge in [0.2, 0.25) is 5.91 Å². The van der Waals surface area contributed by atoms with Crippen LogP contribution in [0.5, 0.6) is 0 Å². The number of fused-ring (bicyclic) bond motifs is 1. The largest absolute Gasteiger partial charge is 0.342 e. The van der Waals surface area contributed by atoms with E-state index in [9.17, 15) is 4.79 Å². The van der Waals surface area contributed by atoms with Crippen molar-refractivity contribution in [2.24, 2.45) is 17.8 Å². The van der Waals surface area contributed by atoms with Crippen LogP contribution in [0.1, 0.15) is 38.5 Å². The van der Waals surface area contributed by atoms with Gasteiger partial charge in [0.15, 0.2) is 0 Å². The molecule has 1 heterocycles.